The van der Waals surface area contributed by atoms with Crippen LogP contribution in [0.2, 0.25) is 0 Å². The highest BCUT2D eigenvalue weighted by Crippen LogP contribution is 2.53. The Kier molecular flexibility index (Phi) is 4.75. The Balaban J connectivity index is 2.33. The van der Waals surface area contributed by atoms with Gasteiger partial charge in [-0.3, -0.25) is 4.57 Å². The summed E-state index contributed by atoms with van der Waals surface area (Å²) in [5.74, 6) is 0.482. The zero-order valence-corrected chi connectivity index (χ0v) is 12.9. The number of benzene rings is 1. The van der Waals surface area contributed by atoms with Gasteiger partial charge >= 0.3 is 7.60 Å². The zero-order chi connectivity index (χ0) is 16.3. The molecular weight excluding hydrogens is 311 g/mol. The molecule has 1 aromatic heterocycles. The van der Waals surface area contributed by atoms with Crippen LogP contribution in [0.25, 0.3) is 0 Å². The molecular formula is C13H17N2O6P. The Hall–Kier alpha value is -2.02. The van der Waals surface area contributed by atoms with Gasteiger partial charge in [-0.25, -0.2) is 0 Å². The average molecular weight is 328 g/mol. The van der Waals surface area contributed by atoms with Crippen molar-refractivity contribution < 1.29 is 28.7 Å². The van der Waals surface area contributed by atoms with E-state index in [0.717, 1.165) is 0 Å². The van der Waals surface area contributed by atoms with Crippen LogP contribution in [-0.4, -0.2) is 33.7 Å². The SMILES string of the molecule is COc1cc(C(CNc2ccon2)P(=O)(O)O)cc(C)c1O. The number of anilines is 1. The molecule has 120 valence electrons. The first-order valence-electron chi connectivity index (χ1n) is 6.40. The molecule has 0 spiro atoms. The summed E-state index contributed by atoms with van der Waals surface area (Å²) in [5, 5.41) is 16.3. The molecule has 0 amide bonds. The minimum atomic E-state index is -4.44. The van der Waals surface area contributed by atoms with Gasteiger partial charge < -0.3 is 29.5 Å². The Labute approximate surface area is 126 Å². The summed E-state index contributed by atoms with van der Waals surface area (Å²) in [4.78, 5) is 19.2. The standard InChI is InChI=1S/C13H17N2O6P/c1-8-5-9(6-10(20-2)13(8)16)11(22(17,18)19)7-14-12-3-4-21-15-12/h3-6,11,16H,7H2,1-2H3,(H,14,15)(H2,17,18,19). The number of aromatic hydroxyl groups is 1. The zero-order valence-electron chi connectivity index (χ0n) is 12.1. The highest BCUT2D eigenvalue weighted by atomic mass is 31.2. The minimum absolute atomic E-state index is 0.0514. The second kappa shape index (κ2) is 6.39. The maximum absolute atomic E-state index is 11.8. The molecule has 0 radical (unpaired) electrons. The average Bonchev–Trinajstić information content (AvgIpc) is 2.94. The van der Waals surface area contributed by atoms with E-state index in [0.29, 0.717) is 16.9 Å². The molecule has 1 atom stereocenters. The summed E-state index contributed by atoms with van der Waals surface area (Å²) in [6.45, 7) is 1.58. The van der Waals surface area contributed by atoms with Gasteiger partial charge in [0.2, 0.25) is 0 Å². The Bertz CT molecular complexity index is 682. The van der Waals surface area contributed by atoms with Gasteiger partial charge in [-0.1, -0.05) is 11.2 Å². The summed E-state index contributed by atoms with van der Waals surface area (Å²) >= 11 is 0. The Morgan fingerprint density at radius 1 is 1.45 bits per heavy atom. The van der Waals surface area contributed by atoms with Gasteiger partial charge in [-0.05, 0) is 24.1 Å². The van der Waals surface area contributed by atoms with Crippen LogP contribution < -0.4 is 10.1 Å². The van der Waals surface area contributed by atoms with E-state index in [2.05, 4.69) is 15.0 Å². The summed E-state index contributed by atoms with van der Waals surface area (Å²) in [6, 6.07) is 4.47. The Morgan fingerprint density at radius 2 is 2.18 bits per heavy atom. The lowest BCUT2D eigenvalue weighted by Crippen LogP contribution is -2.14. The fraction of sp³-hybridized carbons (Fsp3) is 0.308. The fourth-order valence-corrected chi connectivity index (χ4v) is 2.92. The maximum Gasteiger partial charge on any atom is 0.334 e. The van der Waals surface area contributed by atoms with Crippen molar-refractivity contribution in [2.24, 2.45) is 0 Å². The van der Waals surface area contributed by atoms with Gasteiger partial charge in [-0.15, -0.1) is 0 Å². The van der Waals surface area contributed by atoms with Gasteiger partial charge in [0.15, 0.2) is 17.3 Å². The van der Waals surface area contributed by atoms with Crippen molar-refractivity contribution in [3.8, 4) is 11.5 Å². The lowest BCUT2D eigenvalue weighted by atomic mass is 10.1. The smallest absolute Gasteiger partial charge is 0.334 e. The molecule has 2 aromatic rings. The first-order valence-corrected chi connectivity index (χ1v) is 8.08. The van der Waals surface area contributed by atoms with E-state index < -0.39 is 13.3 Å². The molecule has 0 aliphatic heterocycles. The highest BCUT2D eigenvalue weighted by molar-refractivity contribution is 7.52. The number of phenolic OH excluding ortho intramolecular Hbond substituents is 1. The number of aromatic nitrogens is 1. The molecule has 1 heterocycles. The number of nitrogens with one attached hydrogen (secondary N) is 1. The molecule has 0 saturated heterocycles. The topological polar surface area (TPSA) is 125 Å². The molecule has 8 nitrogen and oxygen atoms in total. The minimum Gasteiger partial charge on any atom is -0.504 e. The maximum atomic E-state index is 11.8. The third-order valence-corrected chi connectivity index (χ3v) is 4.51. The normalized spacial score (nSPS) is 12.9. The van der Waals surface area contributed by atoms with Gasteiger partial charge in [0, 0.05) is 12.6 Å². The van der Waals surface area contributed by atoms with Crippen LogP contribution in [-0.2, 0) is 4.57 Å². The first kappa shape index (κ1) is 16.4. The van der Waals surface area contributed by atoms with E-state index in [4.69, 9.17) is 4.74 Å². The van der Waals surface area contributed by atoms with Crippen molar-refractivity contribution in [1.29, 1.82) is 0 Å². The lowest BCUT2D eigenvalue weighted by molar-refractivity contribution is 0.358. The van der Waals surface area contributed by atoms with E-state index in [1.807, 2.05) is 0 Å². The van der Waals surface area contributed by atoms with Gasteiger partial charge in [-0.2, -0.15) is 0 Å². The number of methoxy groups -OCH3 is 1. The van der Waals surface area contributed by atoms with Gasteiger partial charge in [0.25, 0.3) is 0 Å². The molecule has 2 rings (SSSR count). The van der Waals surface area contributed by atoms with Crippen molar-refractivity contribution in [3.63, 3.8) is 0 Å². The van der Waals surface area contributed by atoms with E-state index in [1.54, 1.807) is 13.0 Å². The quantitative estimate of drug-likeness (QED) is 0.594. The molecule has 4 N–H and O–H groups in total. The van der Waals surface area contributed by atoms with Crippen LogP contribution in [0, 0.1) is 6.92 Å². The van der Waals surface area contributed by atoms with Crippen molar-refractivity contribution in [2.45, 2.75) is 12.6 Å². The predicted molar refractivity (Wildman–Crippen MR) is 79.2 cm³/mol. The molecule has 0 fully saturated rings. The molecule has 0 aliphatic carbocycles. The van der Waals surface area contributed by atoms with Gasteiger partial charge in [0.1, 0.15) is 11.9 Å². The summed E-state index contributed by atoms with van der Waals surface area (Å²) in [6.07, 6.45) is 1.35. The number of ether oxygens (including phenoxy) is 1. The third kappa shape index (κ3) is 3.59. The third-order valence-electron chi connectivity index (χ3n) is 3.21. The summed E-state index contributed by atoms with van der Waals surface area (Å²) in [5.41, 5.74) is -0.289. The van der Waals surface area contributed by atoms with E-state index >= 15 is 0 Å². The van der Waals surface area contributed by atoms with E-state index in [-0.39, 0.29) is 18.0 Å². The van der Waals surface area contributed by atoms with E-state index in [1.165, 1.54) is 25.5 Å². The predicted octanol–water partition coefficient (Wildman–Crippen LogP) is 2.03. The monoisotopic (exact) mass is 328 g/mol. The molecule has 22 heavy (non-hydrogen) atoms. The lowest BCUT2D eigenvalue weighted by Gasteiger charge is -2.20. The van der Waals surface area contributed by atoms with Crippen molar-refractivity contribution in [1.82, 2.24) is 5.16 Å². The van der Waals surface area contributed by atoms with Crippen LogP contribution in [0.4, 0.5) is 5.82 Å². The van der Waals surface area contributed by atoms with Crippen molar-refractivity contribution in [2.75, 3.05) is 19.0 Å². The highest BCUT2D eigenvalue weighted by Gasteiger charge is 2.31. The summed E-state index contributed by atoms with van der Waals surface area (Å²) in [7, 11) is -3.07. The van der Waals surface area contributed by atoms with Crippen LogP contribution in [0.15, 0.2) is 29.0 Å². The Morgan fingerprint density at radius 3 is 2.73 bits per heavy atom. The van der Waals surface area contributed by atoms with Crippen LogP contribution in [0.3, 0.4) is 0 Å². The van der Waals surface area contributed by atoms with Crippen molar-refractivity contribution in [3.05, 3.63) is 35.6 Å². The fourth-order valence-electron chi connectivity index (χ4n) is 2.06. The molecule has 0 bridgehead atoms. The van der Waals surface area contributed by atoms with Gasteiger partial charge in [0.05, 0.1) is 7.11 Å². The second-order valence-corrected chi connectivity index (χ2v) is 6.56. The van der Waals surface area contributed by atoms with Crippen LogP contribution >= 0.6 is 7.60 Å². The molecule has 0 saturated carbocycles. The molecule has 1 aromatic carbocycles. The van der Waals surface area contributed by atoms with Crippen LogP contribution in [0.1, 0.15) is 16.8 Å². The molecule has 9 heteroatoms. The number of rotatable bonds is 6. The molecule has 0 aliphatic rings. The molecule has 1 unspecified atom stereocenters. The summed E-state index contributed by atoms with van der Waals surface area (Å²) < 4.78 is 21.5. The second-order valence-electron chi connectivity index (χ2n) is 4.76. The number of phenols is 1. The number of hydrogen-bond donors (Lipinski definition) is 4. The van der Waals surface area contributed by atoms with Crippen molar-refractivity contribution >= 4 is 13.4 Å². The number of nitrogens with zero attached hydrogens (tertiary/aromatic N) is 1. The largest absolute Gasteiger partial charge is 0.504 e. The first-order chi connectivity index (χ1) is 10.3. The van der Waals surface area contributed by atoms with E-state index in [9.17, 15) is 19.5 Å². The number of hydrogen-bond acceptors (Lipinski definition) is 6. The number of aryl methyl sites for hydroxylation is 1. The van der Waals surface area contributed by atoms with Crippen LogP contribution in [0.5, 0.6) is 11.5 Å².